The second-order valence-corrected chi connectivity index (χ2v) is 8.08. The molecule has 1 heterocycles. The average molecular weight is 435 g/mol. The zero-order valence-electron chi connectivity index (χ0n) is 18.8. The van der Waals surface area contributed by atoms with Crippen molar-refractivity contribution in [2.45, 2.75) is 26.3 Å². The van der Waals surface area contributed by atoms with Crippen molar-refractivity contribution in [3.05, 3.63) is 75.5 Å². The predicted molar refractivity (Wildman–Crippen MR) is 126 cm³/mol. The van der Waals surface area contributed by atoms with Crippen LogP contribution in [0.25, 0.3) is 11.0 Å². The normalized spacial score (nSPS) is 11.1. The number of hydrogen-bond donors (Lipinski definition) is 3. The number of rotatable bonds is 8. The first-order valence-corrected chi connectivity index (χ1v) is 10.7. The minimum absolute atomic E-state index is 0.136. The van der Waals surface area contributed by atoms with Crippen LogP contribution in [0.15, 0.2) is 53.3 Å². The van der Waals surface area contributed by atoms with Crippen LogP contribution in [0.2, 0.25) is 0 Å². The summed E-state index contributed by atoms with van der Waals surface area (Å²) >= 11 is 0. The van der Waals surface area contributed by atoms with E-state index in [0.717, 1.165) is 18.5 Å². The van der Waals surface area contributed by atoms with Crippen LogP contribution < -0.4 is 11.0 Å². The summed E-state index contributed by atoms with van der Waals surface area (Å²) in [4.78, 5) is 32.3. The van der Waals surface area contributed by atoms with E-state index in [0.29, 0.717) is 36.1 Å². The van der Waals surface area contributed by atoms with Gasteiger partial charge in [-0.2, -0.15) is 0 Å². The van der Waals surface area contributed by atoms with Crippen molar-refractivity contribution in [1.82, 2.24) is 19.4 Å². The van der Waals surface area contributed by atoms with E-state index in [2.05, 4.69) is 4.98 Å². The molecule has 0 spiro atoms. The van der Waals surface area contributed by atoms with Crippen LogP contribution in [0.5, 0.6) is 0 Å². The first-order chi connectivity index (χ1) is 15.3. The Morgan fingerprint density at radius 2 is 1.81 bits per heavy atom. The van der Waals surface area contributed by atoms with Gasteiger partial charge in [0.25, 0.3) is 11.5 Å². The van der Waals surface area contributed by atoms with Crippen LogP contribution >= 0.6 is 0 Å². The first-order valence-electron chi connectivity index (χ1n) is 10.7. The Kier molecular flexibility index (Phi) is 7.37. The Balaban J connectivity index is 2.01. The molecule has 3 aromatic rings. The molecule has 8 nitrogen and oxygen atoms in total. The summed E-state index contributed by atoms with van der Waals surface area (Å²) in [5.41, 5.74) is 1.59. The molecule has 3 N–H and O–H groups in total. The number of aromatic nitrogens is 2. The summed E-state index contributed by atoms with van der Waals surface area (Å²) in [6.07, 6.45) is 1.18. The lowest BCUT2D eigenvalue weighted by molar-refractivity contribution is 0.0732. The number of carbonyl (C=O) groups is 1. The third kappa shape index (κ3) is 5.20. The van der Waals surface area contributed by atoms with E-state index in [1.165, 1.54) is 4.57 Å². The molecule has 0 atom stereocenters. The standard InChI is InChI=1S/C24H30N6O2/c1-4-8-21(25)30-20-12-11-18(15-19(20)27-23(31)22(30)26)24(32)29(14-13-28(2)3)16-17-9-6-5-7-10-17/h5-7,9-12,15,25-26H,4,8,13-14,16H2,1-3H3,(H,27,31). The van der Waals surface area contributed by atoms with Crippen LogP contribution in [0.3, 0.4) is 0 Å². The molecule has 1 amide bonds. The van der Waals surface area contributed by atoms with Crippen LogP contribution in [0, 0.1) is 10.8 Å². The molecule has 0 unspecified atom stereocenters. The third-order valence-electron chi connectivity index (χ3n) is 5.25. The van der Waals surface area contributed by atoms with Crippen LogP contribution in [0.1, 0.15) is 35.7 Å². The van der Waals surface area contributed by atoms with Gasteiger partial charge in [-0.1, -0.05) is 37.3 Å². The van der Waals surface area contributed by atoms with Gasteiger partial charge in [-0.3, -0.25) is 25.0 Å². The molecular weight excluding hydrogens is 404 g/mol. The monoisotopic (exact) mass is 434 g/mol. The molecule has 2 aromatic carbocycles. The molecule has 0 aliphatic rings. The Labute approximate surface area is 187 Å². The van der Waals surface area contributed by atoms with Gasteiger partial charge in [0, 0.05) is 31.6 Å². The Morgan fingerprint density at radius 1 is 1.09 bits per heavy atom. The van der Waals surface area contributed by atoms with Crippen molar-refractivity contribution in [2.75, 3.05) is 27.2 Å². The lowest BCUT2D eigenvalue weighted by Gasteiger charge is -2.25. The number of amides is 1. The molecule has 3 rings (SSSR count). The van der Waals surface area contributed by atoms with Crippen molar-refractivity contribution in [3.63, 3.8) is 0 Å². The molecule has 1 aromatic heterocycles. The van der Waals surface area contributed by atoms with Crippen molar-refractivity contribution >= 4 is 22.8 Å². The maximum atomic E-state index is 13.4. The summed E-state index contributed by atoms with van der Waals surface area (Å²) in [6.45, 7) is 3.70. The maximum absolute atomic E-state index is 13.4. The molecule has 0 fully saturated rings. The molecule has 0 aliphatic heterocycles. The molecule has 8 heteroatoms. The van der Waals surface area contributed by atoms with Gasteiger partial charge < -0.3 is 14.8 Å². The highest BCUT2D eigenvalue weighted by molar-refractivity contribution is 5.99. The summed E-state index contributed by atoms with van der Waals surface area (Å²) in [6, 6.07) is 14.9. The van der Waals surface area contributed by atoms with Crippen molar-refractivity contribution < 1.29 is 4.79 Å². The smallest absolute Gasteiger partial charge is 0.291 e. The summed E-state index contributed by atoms with van der Waals surface area (Å²) in [7, 11) is 3.93. The number of fused-ring (bicyclic) bond motifs is 1. The molecule has 0 aliphatic carbocycles. The van der Waals surface area contributed by atoms with Crippen LogP contribution in [-0.4, -0.2) is 58.3 Å². The molecule has 0 saturated heterocycles. The quantitative estimate of drug-likeness (QED) is 0.374. The van der Waals surface area contributed by atoms with Gasteiger partial charge in [-0.15, -0.1) is 0 Å². The van der Waals surface area contributed by atoms with E-state index >= 15 is 0 Å². The number of H-pyrrole nitrogens is 1. The fraction of sp³-hybridized carbons (Fsp3) is 0.333. The zero-order chi connectivity index (χ0) is 23.3. The third-order valence-corrected chi connectivity index (χ3v) is 5.25. The number of benzene rings is 2. The van der Waals surface area contributed by atoms with Gasteiger partial charge in [0.1, 0.15) is 5.84 Å². The highest BCUT2D eigenvalue weighted by atomic mass is 16.2. The number of aromatic amines is 1. The molecule has 0 radical (unpaired) electrons. The van der Waals surface area contributed by atoms with E-state index in [1.54, 1.807) is 23.1 Å². The van der Waals surface area contributed by atoms with E-state index in [-0.39, 0.29) is 17.2 Å². The molecule has 0 bridgehead atoms. The van der Waals surface area contributed by atoms with Gasteiger partial charge in [0.2, 0.25) is 0 Å². The Hall–Kier alpha value is -3.52. The summed E-state index contributed by atoms with van der Waals surface area (Å²) in [5, 5.41) is 16.4. The molecule has 168 valence electrons. The fourth-order valence-electron chi connectivity index (χ4n) is 3.56. The van der Waals surface area contributed by atoms with Crippen LogP contribution in [-0.2, 0) is 6.54 Å². The number of hydrogen-bond acceptors (Lipinski definition) is 5. The second kappa shape index (κ2) is 10.2. The number of likely N-dealkylation sites (N-methyl/N-ethyl adjacent to an activating group) is 1. The van der Waals surface area contributed by atoms with E-state index < -0.39 is 5.56 Å². The summed E-state index contributed by atoms with van der Waals surface area (Å²) in [5.74, 6) is 0.0490. The van der Waals surface area contributed by atoms with Crippen molar-refractivity contribution in [1.29, 1.82) is 10.8 Å². The minimum Gasteiger partial charge on any atom is -0.333 e. The minimum atomic E-state index is -0.586. The lowest BCUT2D eigenvalue weighted by atomic mass is 10.1. The Morgan fingerprint density at radius 3 is 2.47 bits per heavy atom. The number of carbonyl (C=O) groups excluding carboxylic acids is 1. The lowest BCUT2D eigenvalue weighted by Crippen LogP contribution is -2.40. The Bertz CT molecular complexity index is 1230. The predicted octanol–water partition coefficient (Wildman–Crippen LogP) is 2.64. The maximum Gasteiger partial charge on any atom is 0.291 e. The number of nitrogens with zero attached hydrogens (tertiary/aromatic N) is 3. The van der Waals surface area contributed by atoms with Gasteiger partial charge in [0.05, 0.1) is 11.0 Å². The van der Waals surface area contributed by atoms with Gasteiger partial charge in [0.15, 0.2) is 5.49 Å². The highest BCUT2D eigenvalue weighted by Gasteiger charge is 2.18. The van der Waals surface area contributed by atoms with Gasteiger partial charge >= 0.3 is 0 Å². The first kappa shape index (κ1) is 23.1. The van der Waals surface area contributed by atoms with Crippen LogP contribution in [0.4, 0.5) is 0 Å². The summed E-state index contributed by atoms with van der Waals surface area (Å²) < 4.78 is 1.35. The largest absolute Gasteiger partial charge is 0.333 e. The topological polar surface area (TPSA) is 109 Å². The van der Waals surface area contributed by atoms with E-state index in [9.17, 15) is 9.59 Å². The van der Waals surface area contributed by atoms with Gasteiger partial charge in [-0.25, -0.2) is 0 Å². The highest BCUT2D eigenvalue weighted by Crippen LogP contribution is 2.16. The second-order valence-electron chi connectivity index (χ2n) is 8.08. The van der Waals surface area contributed by atoms with E-state index in [1.807, 2.05) is 56.3 Å². The van der Waals surface area contributed by atoms with Crippen molar-refractivity contribution in [2.24, 2.45) is 0 Å². The molecule has 32 heavy (non-hydrogen) atoms. The SMILES string of the molecule is CCCC(=N)n1c(=N)c(=O)[nH]c2cc(C(=O)N(CCN(C)C)Cc3ccccc3)ccc21. The van der Waals surface area contributed by atoms with Crippen molar-refractivity contribution in [3.8, 4) is 0 Å². The number of nitrogens with one attached hydrogen (secondary N) is 3. The molecule has 0 saturated carbocycles. The molecular formula is C24H30N6O2. The van der Waals surface area contributed by atoms with Gasteiger partial charge in [-0.05, 0) is 44.3 Å². The van der Waals surface area contributed by atoms with E-state index in [4.69, 9.17) is 10.8 Å². The zero-order valence-corrected chi connectivity index (χ0v) is 18.8. The average Bonchev–Trinajstić information content (AvgIpc) is 2.77. The fourth-order valence-corrected chi connectivity index (χ4v) is 3.56.